The van der Waals surface area contributed by atoms with Crippen molar-refractivity contribution < 1.29 is 14.6 Å². The molecule has 4 nitrogen and oxygen atoms in total. The summed E-state index contributed by atoms with van der Waals surface area (Å²) < 4.78 is 6.13. The van der Waals surface area contributed by atoms with Crippen LogP contribution in [-0.2, 0) is 11.2 Å². The fraction of sp³-hybridized carbons (Fsp3) is 0.160. The molecule has 0 heterocycles. The lowest BCUT2D eigenvalue weighted by Gasteiger charge is -2.28. The van der Waals surface area contributed by atoms with Crippen LogP contribution in [0.5, 0.6) is 11.5 Å². The first-order chi connectivity index (χ1) is 14.1. The van der Waals surface area contributed by atoms with Crippen molar-refractivity contribution in [1.29, 1.82) is 0 Å². The Labute approximate surface area is 180 Å². The zero-order valence-electron chi connectivity index (χ0n) is 16.2. The second-order valence-corrected chi connectivity index (χ2v) is 7.65. The van der Waals surface area contributed by atoms with E-state index in [1.807, 2.05) is 48.5 Å². The largest absolute Gasteiger partial charge is 0.481 e. The zero-order chi connectivity index (χ0) is 20.0. The van der Waals surface area contributed by atoms with Crippen LogP contribution in [0.4, 0.5) is 0 Å². The molecule has 0 radical (unpaired) electrons. The van der Waals surface area contributed by atoms with Crippen molar-refractivity contribution in [3.63, 3.8) is 0 Å². The molecule has 0 bridgehead atoms. The molecule has 1 aliphatic carbocycles. The van der Waals surface area contributed by atoms with E-state index in [4.69, 9.17) is 10.5 Å². The van der Waals surface area contributed by atoms with E-state index in [1.165, 1.54) is 10.8 Å². The van der Waals surface area contributed by atoms with Crippen LogP contribution in [0.25, 0.3) is 21.5 Å². The predicted octanol–water partition coefficient (Wildman–Crippen LogP) is 5.65. The summed E-state index contributed by atoms with van der Waals surface area (Å²) in [6.45, 7) is 0. The predicted molar refractivity (Wildman–Crippen MR) is 122 cm³/mol. The van der Waals surface area contributed by atoms with Crippen molar-refractivity contribution in [3.8, 4) is 11.5 Å². The third kappa shape index (κ3) is 3.49. The molecule has 5 heteroatoms. The fourth-order valence-electron chi connectivity index (χ4n) is 4.37. The van der Waals surface area contributed by atoms with Gasteiger partial charge in [-0.2, -0.15) is 0 Å². The highest BCUT2D eigenvalue weighted by atomic mass is 35.5. The minimum absolute atomic E-state index is 0. The molecule has 4 aromatic rings. The zero-order valence-corrected chi connectivity index (χ0v) is 17.1. The van der Waals surface area contributed by atoms with Gasteiger partial charge in [0.2, 0.25) is 0 Å². The monoisotopic (exact) mass is 419 g/mol. The molecule has 0 saturated heterocycles. The second kappa shape index (κ2) is 7.98. The van der Waals surface area contributed by atoms with Gasteiger partial charge in [0.25, 0.3) is 0 Å². The van der Waals surface area contributed by atoms with Gasteiger partial charge in [-0.1, -0.05) is 48.5 Å². The molecule has 0 aliphatic heterocycles. The number of aryl methyl sites for hydroxylation is 1. The molecular weight excluding hydrogens is 398 g/mol. The van der Waals surface area contributed by atoms with Crippen LogP contribution in [-0.4, -0.2) is 17.1 Å². The molecule has 2 atom stereocenters. The van der Waals surface area contributed by atoms with Crippen LogP contribution in [0.15, 0.2) is 72.8 Å². The maximum Gasteiger partial charge on any atom is 0.312 e. The lowest BCUT2D eigenvalue weighted by Crippen LogP contribution is -2.37. The SMILES string of the molecule is Cl.NC1CCc2ccc(Oc3ccc4ccc5ccccc5c4c3)cc2C1C(=O)O. The summed E-state index contributed by atoms with van der Waals surface area (Å²) in [5, 5.41) is 14.3. The Balaban J connectivity index is 0.00000218. The first-order valence-electron chi connectivity index (χ1n) is 9.81. The Bertz CT molecular complexity index is 1250. The van der Waals surface area contributed by atoms with E-state index in [1.54, 1.807) is 0 Å². The van der Waals surface area contributed by atoms with Crippen LogP contribution >= 0.6 is 12.4 Å². The number of benzene rings is 4. The van der Waals surface area contributed by atoms with Gasteiger partial charge >= 0.3 is 5.97 Å². The van der Waals surface area contributed by atoms with Crippen LogP contribution < -0.4 is 10.5 Å². The van der Waals surface area contributed by atoms with Crippen molar-refractivity contribution in [2.45, 2.75) is 24.8 Å². The summed E-state index contributed by atoms with van der Waals surface area (Å²) in [7, 11) is 0. The molecule has 30 heavy (non-hydrogen) atoms. The summed E-state index contributed by atoms with van der Waals surface area (Å²) >= 11 is 0. The maximum atomic E-state index is 11.7. The first kappa shape index (κ1) is 20.2. The minimum atomic E-state index is -0.882. The van der Waals surface area contributed by atoms with Crippen LogP contribution in [0, 0.1) is 0 Å². The second-order valence-electron chi connectivity index (χ2n) is 7.65. The number of fused-ring (bicyclic) bond motifs is 4. The van der Waals surface area contributed by atoms with Crippen molar-refractivity contribution in [2.75, 3.05) is 0 Å². The number of carbonyl (C=O) groups is 1. The van der Waals surface area contributed by atoms with Gasteiger partial charge in [-0.15, -0.1) is 12.4 Å². The van der Waals surface area contributed by atoms with E-state index in [2.05, 4.69) is 24.3 Å². The molecule has 152 valence electrons. The number of halogens is 1. The van der Waals surface area contributed by atoms with Gasteiger partial charge in [-0.05, 0) is 69.8 Å². The number of hydrogen-bond acceptors (Lipinski definition) is 3. The number of carboxylic acid groups (broad SMARTS) is 1. The van der Waals surface area contributed by atoms with Crippen molar-refractivity contribution in [1.82, 2.24) is 0 Å². The molecule has 0 amide bonds. The lowest BCUT2D eigenvalue weighted by atomic mass is 9.79. The number of aliphatic carboxylic acids is 1. The lowest BCUT2D eigenvalue weighted by molar-refractivity contribution is -0.139. The Hall–Kier alpha value is -3.08. The summed E-state index contributed by atoms with van der Waals surface area (Å²) in [6.07, 6.45) is 1.48. The number of nitrogens with two attached hydrogens (primary N) is 1. The average Bonchev–Trinajstić information content (AvgIpc) is 2.73. The highest BCUT2D eigenvalue weighted by molar-refractivity contribution is 6.07. The standard InChI is InChI=1S/C25H21NO3.ClH/c26-23-12-9-17-8-11-19(14-22(17)24(23)25(27)28)29-18-10-7-16-6-5-15-3-1-2-4-20(15)21(16)13-18;/h1-8,10-11,13-14,23-24H,9,12,26H2,(H,27,28);1H. The average molecular weight is 420 g/mol. The van der Waals surface area contributed by atoms with Crippen molar-refractivity contribution >= 4 is 39.9 Å². The number of rotatable bonds is 3. The highest BCUT2D eigenvalue weighted by Crippen LogP contribution is 2.36. The van der Waals surface area contributed by atoms with Crippen molar-refractivity contribution in [2.24, 2.45) is 5.73 Å². The molecule has 0 spiro atoms. The Morgan fingerprint density at radius 1 is 0.900 bits per heavy atom. The number of hydrogen-bond donors (Lipinski definition) is 2. The van der Waals surface area contributed by atoms with Crippen LogP contribution in [0.3, 0.4) is 0 Å². The fourth-order valence-corrected chi connectivity index (χ4v) is 4.37. The molecule has 0 aromatic heterocycles. The van der Waals surface area contributed by atoms with Crippen LogP contribution in [0.1, 0.15) is 23.5 Å². The van der Waals surface area contributed by atoms with Gasteiger partial charge in [-0.3, -0.25) is 4.79 Å². The molecule has 3 N–H and O–H groups in total. The third-order valence-corrected chi connectivity index (χ3v) is 5.85. The normalized spacial score (nSPS) is 17.9. The van der Waals surface area contributed by atoms with Gasteiger partial charge in [0.05, 0.1) is 5.92 Å². The molecule has 0 saturated carbocycles. The van der Waals surface area contributed by atoms with Gasteiger partial charge in [0.1, 0.15) is 11.5 Å². The minimum Gasteiger partial charge on any atom is -0.481 e. The molecule has 5 rings (SSSR count). The Kier molecular flexibility index (Phi) is 5.37. The van der Waals surface area contributed by atoms with E-state index >= 15 is 0 Å². The third-order valence-electron chi connectivity index (χ3n) is 5.85. The molecular formula is C25H22ClNO3. The molecule has 4 aromatic carbocycles. The topological polar surface area (TPSA) is 72.5 Å². The quantitative estimate of drug-likeness (QED) is 0.421. The van der Waals surface area contributed by atoms with Gasteiger partial charge in [0, 0.05) is 6.04 Å². The molecule has 1 aliphatic rings. The van der Waals surface area contributed by atoms with E-state index in [0.717, 1.165) is 34.1 Å². The summed E-state index contributed by atoms with van der Waals surface area (Å²) in [5.74, 6) is -0.222. The van der Waals surface area contributed by atoms with Crippen molar-refractivity contribution in [3.05, 3.63) is 83.9 Å². The Morgan fingerprint density at radius 2 is 1.57 bits per heavy atom. The summed E-state index contributed by atoms with van der Waals surface area (Å²) in [6, 6.07) is 23.9. The van der Waals surface area contributed by atoms with Gasteiger partial charge in [0.15, 0.2) is 0 Å². The number of carboxylic acids is 1. The van der Waals surface area contributed by atoms with E-state index in [-0.39, 0.29) is 18.4 Å². The summed E-state index contributed by atoms with van der Waals surface area (Å²) in [5.41, 5.74) is 7.89. The first-order valence-corrected chi connectivity index (χ1v) is 9.81. The van der Waals surface area contributed by atoms with E-state index in [9.17, 15) is 9.90 Å². The Morgan fingerprint density at radius 3 is 2.37 bits per heavy atom. The maximum absolute atomic E-state index is 11.7. The summed E-state index contributed by atoms with van der Waals surface area (Å²) in [4.78, 5) is 11.7. The van der Waals surface area contributed by atoms with E-state index < -0.39 is 11.9 Å². The smallest absolute Gasteiger partial charge is 0.312 e. The molecule has 0 fully saturated rings. The van der Waals surface area contributed by atoms with Gasteiger partial charge < -0.3 is 15.6 Å². The van der Waals surface area contributed by atoms with E-state index in [0.29, 0.717) is 12.2 Å². The highest BCUT2D eigenvalue weighted by Gasteiger charge is 2.33. The number of ether oxygens (including phenoxy) is 1. The molecule has 2 unspecified atom stereocenters. The van der Waals surface area contributed by atoms with Gasteiger partial charge in [-0.25, -0.2) is 0 Å². The van der Waals surface area contributed by atoms with Crippen LogP contribution in [0.2, 0.25) is 0 Å².